The van der Waals surface area contributed by atoms with Gasteiger partial charge in [0.25, 0.3) is 0 Å². The molecule has 1 saturated carbocycles. The highest BCUT2D eigenvalue weighted by atomic mass is 19.1. The van der Waals surface area contributed by atoms with Crippen molar-refractivity contribution in [2.45, 2.75) is 39.2 Å². The molecule has 0 aromatic heterocycles. The second-order valence-electron chi connectivity index (χ2n) is 4.85. The van der Waals surface area contributed by atoms with Crippen LogP contribution < -0.4 is 5.32 Å². The fourth-order valence-electron chi connectivity index (χ4n) is 2.44. The Hall–Kier alpha value is -0.960. The molecule has 3 heteroatoms. The Morgan fingerprint density at radius 2 is 2.00 bits per heavy atom. The first-order chi connectivity index (χ1) is 8.13. The van der Waals surface area contributed by atoms with Crippen LogP contribution in [-0.4, -0.2) is 6.54 Å². The molecule has 0 bridgehead atoms. The summed E-state index contributed by atoms with van der Waals surface area (Å²) < 4.78 is 27.1. The first-order valence-corrected chi connectivity index (χ1v) is 6.32. The fourth-order valence-corrected chi connectivity index (χ4v) is 2.44. The topological polar surface area (TPSA) is 12.0 Å². The molecule has 1 atom stereocenters. The van der Waals surface area contributed by atoms with E-state index in [-0.39, 0.29) is 6.04 Å². The number of hydrogen-bond donors (Lipinski definition) is 1. The summed E-state index contributed by atoms with van der Waals surface area (Å²) in [7, 11) is 0. The van der Waals surface area contributed by atoms with Gasteiger partial charge < -0.3 is 5.32 Å². The van der Waals surface area contributed by atoms with Crippen LogP contribution in [0, 0.1) is 24.5 Å². The Morgan fingerprint density at radius 1 is 1.29 bits per heavy atom. The number of aryl methyl sites for hydroxylation is 1. The molecule has 1 aliphatic rings. The van der Waals surface area contributed by atoms with Gasteiger partial charge >= 0.3 is 0 Å². The third kappa shape index (κ3) is 2.49. The van der Waals surface area contributed by atoms with Gasteiger partial charge in [0, 0.05) is 17.7 Å². The summed E-state index contributed by atoms with van der Waals surface area (Å²) in [4.78, 5) is 0. The number of halogens is 2. The summed E-state index contributed by atoms with van der Waals surface area (Å²) in [5, 5.41) is 3.33. The highest BCUT2D eigenvalue weighted by Crippen LogP contribution is 2.38. The van der Waals surface area contributed by atoms with Gasteiger partial charge in [0.1, 0.15) is 11.6 Å². The summed E-state index contributed by atoms with van der Waals surface area (Å²) in [6, 6.07) is 2.69. The van der Waals surface area contributed by atoms with E-state index in [9.17, 15) is 8.78 Å². The maximum atomic E-state index is 13.8. The van der Waals surface area contributed by atoms with Crippen molar-refractivity contribution in [2.75, 3.05) is 6.54 Å². The molecule has 0 aliphatic heterocycles. The first-order valence-electron chi connectivity index (χ1n) is 6.32. The minimum Gasteiger partial charge on any atom is -0.310 e. The molecule has 1 unspecified atom stereocenters. The zero-order chi connectivity index (χ0) is 12.4. The molecular weight excluding hydrogens is 220 g/mol. The van der Waals surface area contributed by atoms with Crippen molar-refractivity contribution in [1.82, 2.24) is 5.32 Å². The summed E-state index contributed by atoms with van der Waals surface area (Å²) in [5.41, 5.74) is 1.14. The smallest absolute Gasteiger partial charge is 0.130 e. The van der Waals surface area contributed by atoms with E-state index in [0.29, 0.717) is 17.0 Å². The molecule has 17 heavy (non-hydrogen) atoms. The molecule has 0 amide bonds. The van der Waals surface area contributed by atoms with E-state index in [0.717, 1.165) is 25.5 Å². The van der Waals surface area contributed by atoms with Crippen LogP contribution in [0.5, 0.6) is 0 Å². The van der Waals surface area contributed by atoms with E-state index < -0.39 is 11.6 Å². The van der Waals surface area contributed by atoms with Crippen LogP contribution >= 0.6 is 0 Å². The van der Waals surface area contributed by atoms with E-state index in [1.165, 1.54) is 6.42 Å². The lowest BCUT2D eigenvalue weighted by Gasteiger charge is -2.35. The lowest BCUT2D eigenvalue weighted by atomic mass is 9.77. The maximum Gasteiger partial charge on any atom is 0.130 e. The normalized spacial score (nSPS) is 17.9. The molecule has 0 radical (unpaired) electrons. The van der Waals surface area contributed by atoms with Gasteiger partial charge in [-0.3, -0.25) is 0 Å². The largest absolute Gasteiger partial charge is 0.310 e. The number of nitrogens with one attached hydrogen (secondary N) is 1. The van der Waals surface area contributed by atoms with Gasteiger partial charge in [0.2, 0.25) is 0 Å². The summed E-state index contributed by atoms with van der Waals surface area (Å²) >= 11 is 0. The Balaban J connectivity index is 2.31. The molecule has 1 N–H and O–H groups in total. The van der Waals surface area contributed by atoms with Crippen LogP contribution in [0.1, 0.15) is 43.4 Å². The molecule has 1 fully saturated rings. The van der Waals surface area contributed by atoms with E-state index in [1.54, 1.807) is 13.0 Å². The molecule has 1 nitrogen and oxygen atoms in total. The SMILES string of the molecule is CCNC(c1cc(C)c(F)cc1F)C1CCC1. The first kappa shape index (κ1) is 12.5. The van der Waals surface area contributed by atoms with Crippen LogP contribution in [0.15, 0.2) is 12.1 Å². The Morgan fingerprint density at radius 3 is 2.53 bits per heavy atom. The van der Waals surface area contributed by atoms with Crippen molar-refractivity contribution < 1.29 is 8.78 Å². The van der Waals surface area contributed by atoms with Crippen LogP contribution in [0.25, 0.3) is 0 Å². The molecule has 0 spiro atoms. The number of rotatable bonds is 4. The predicted octanol–water partition coefficient (Wildman–Crippen LogP) is 3.72. The third-order valence-corrected chi connectivity index (χ3v) is 3.66. The molecular formula is C14H19F2N. The van der Waals surface area contributed by atoms with Gasteiger partial charge in [-0.15, -0.1) is 0 Å². The average molecular weight is 239 g/mol. The van der Waals surface area contributed by atoms with Crippen molar-refractivity contribution >= 4 is 0 Å². The third-order valence-electron chi connectivity index (χ3n) is 3.66. The van der Waals surface area contributed by atoms with Gasteiger partial charge in [-0.1, -0.05) is 13.3 Å². The lowest BCUT2D eigenvalue weighted by molar-refractivity contribution is 0.229. The summed E-state index contributed by atoms with van der Waals surface area (Å²) in [6.45, 7) is 4.50. The van der Waals surface area contributed by atoms with Crippen LogP contribution in [-0.2, 0) is 0 Å². The van der Waals surface area contributed by atoms with Crippen LogP contribution in [0.2, 0.25) is 0 Å². The maximum absolute atomic E-state index is 13.8. The van der Waals surface area contributed by atoms with E-state index in [1.807, 2.05) is 6.92 Å². The zero-order valence-corrected chi connectivity index (χ0v) is 10.4. The summed E-state index contributed by atoms with van der Waals surface area (Å²) in [6.07, 6.45) is 3.48. The molecule has 1 aliphatic carbocycles. The van der Waals surface area contributed by atoms with Crippen molar-refractivity contribution in [3.05, 3.63) is 34.9 Å². The highest BCUT2D eigenvalue weighted by Gasteiger charge is 2.30. The lowest BCUT2D eigenvalue weighted by Crippen LogP contribution is -2.32. The molecule has 1 aromatic rings. The van der Waals surface area contributed by atoms with Crippen molar-refractivity contribution in [1.29, 1.82) is 0 Å². The number of benzene rings is 1. The van der Waals surface area contributed by atoms with Gasteiger partial charge in [-0.25, -0.2) is 8.78 Å². The molecule has 0 saturated heterocycles. The van der Waals surface area contributed by atoms with E-state index in [4.69, 9.17) is 0 Å². The van der Waals surface area contributed by atoms with Crippen LogP contribution in [0.4, 0.5) is 8.78 Å². The second kappa shape index (κ2) is 5.13. The molecule has 0 heterocycles. The average Bonchev–Trinajstić information content (AvgIpc) is 2.20. The Bertz CT molecular complexity index is 399. The van der Waals surface area contributed by atoms with Gasteiger partial charge in [0.15, 0.2) is 0 Å². The monoisotopic (exact) mass is 239 g/mol. The highest BCUT2D eigenvalue weighted by molar-refractivity contribution is 5.29. The zero-order valence-electron chi connectivity index (χ0n) is 10.4. The second-order valence-corrected chi connectivity index (χ2v) is 4.85. The predicted molar refractivity (Wildman–Crippen MR) is 64.9 cm³/mol. The van der Waals surface area contributed by atoms with Crippen molar-refractivity contribution in [3.63, 3.8) is 0 Å². The molecule has 1 aromatic carbocycles. The summed E-state index contributed by atoms with van der Waals surface area (Å²) in [5.74, 6) is -0.393. The standard InChI is InChI=1S/C14H19F2N/c1-3-17-14(10-5-4-6-10)11-7-9(2)12(15)8-13(11)16/h7-8,10,14,17H,3-6H2,1-2H3. The van der Waals surface area contributed by atoms with Crippen LogP contribution in [0.3, 0.4) is 0 Å². The minimum absolute atomic E-state index is 0.0352. The van der Waals surface area contributed by atoms with Crippen molar-refractivity contribution in [2.24, 2.45) is 5.92 Å². The van der Waals surface area contributed by atoms with E-state index >= 15 is 0 Å². The van der Waals surface area contributed by atoms with Crippen molar-refractivity contribution in [3.8, 4) is 0 Å². The van der Waals surface area contributed by atoms with Gasteiger partial charge in [0.05, 0.1) is 0 Å². The van der Waals surface area contributed by atoms with Gasteiger partial charge in [-0.2, -0.15) is 0 Å². The Labute approximate surface area is 101 Å². The quantitative estimate of drug-likeness (QED) is 0.844. The molecule has 94 valence electrons. The number of hydrogen-bond acceptors (Lipinski definition) is 1. The van der Waals surface area contributed by atoms with Gasteiger partial charge in [-0.05, 0) is 43.9 Å². The molecule has 2 rings (SSSR count). The fraction of sp³-hybridized carbons (Fsp3) is 0.571. The Kier molecular flexibility index (Phi) is 3.77. The van der Waals surface area contributed by atoms with E-state index in [2.05, 4.69) is 5.32 Å². The minimum atomic E-state index is -0.463.